The van der Waals surface area contributed by atoms with E-state index in [0.29, 0.717) is 0 Å². The van der Waals surface area contributed by atoms with Gasteiger partial charge in [-0.05, 0) is 274 Å². The molecule has 0 aliphatic carbocycles. The maximum atomic E-state index is 6.40. The van der Waals surface area contributed by atoms with Crippen LogP contribution in [0, 0.1) is 0 Å². The summed E-state index contributed by atoms with van der Waals surface area (Å²) in [6.45, 7) is 8.38. The molecule has 0 N–H and O–H groups in total. The van der Waals surface area contributed by atoms with Gasteiger partial charge in [0.15, 0.2) is 0 Å². The molecule has 1 fully saturated rings. The lowest BCUT2D eigenvalue weighted by Gasteiger charge is -2.32. The van der Waals surface area contributed by atoms with Crippen molar-refractivity contribution in [2.75, 3.05) is 0 Å². The first-order valence-corrected chi connectivity index (χ1v) is 47.7. The number of imidazole rings is 2. The number of halogens is 1. The van der Waals surface area contributed by atoms with Crippen molar-refractivity contribution in [3.05, 3.63) is 441 Å². The van der Waals surface area contributed by atoms with Crippen molar-refractivity contribution >= 4 is 234 Å². The average Bonchev–Trinajstić information content (AvgIpc) is 1.54. The second-order valence-corrected chi connectivity index (χ2v) is 38.5. The van der Waals surface area contributed by atoms with E-state index in [-0.39, 0.29) is 11.2 Å². The van der Waals surface area contributed by atoms with E-state index in [0.717, 1.165) is 70.5 Å². The minimum absolute atomic E-state index is 0.387. The molecular formula is C128H84BBrN4O2. The van der Waals surface area contributed by atoms with Crippen LogP contribution in [0.15, 0.2) is 441 Å². The maximum absolute atomic E-state index is 6.40. The molecular weight excluding hydrogens is 1720 g/mol. The predicted molar refractivity (Wildman–Crippen MR) is 583 cm³/mol. The van der Waals surface area contributed by atoms with Gasteiger partial charge in [0.25, 0.3) is 0 Å². The summed E-state index contributed by atoms with van der Waals surface area (Å²) < 4.78 is 18.7. The highest BCUT2D eigenvalue weighted by Crippen LogP contribution is 2.51. The molecule has 1 aliphatic rings. The number of aromatic nitrogens is 4. The lowest BCUT2D eigenvalue weighted by atomic mass is 9.78. The Morgan fingerprint density at radius 3 is 0.882 bits per heavy atom. The molecule has 0 spiro atoms. The van der Waals surface area contributed by atoms with Gasteiger partial charge in [0, 0.05) is 47.6 Å². The fraction of sp³-hybridized carbons (Fsp3) is 0.0469. The number of pyridine rings is 2. The van der Waals surface area contributed by atoms with Gasteiger partial charge >= 0.3 is 7.12 Å². The number of hydrogen-bond donors (Lipinski definition) is 0. The molecule has 29 rings (SSSR count). The molecule has 4 aromatic heterocycles. The molecule has 1 saturated heterocycles. The minimum Gasteiger partial charge on any atom is -0.399 e. The molecule has 638 valence electrons. The van der Waals surface area contributed by atoms with Crippen LogP contribution in [0.2, 0.25) is 0 Å². The van der Waals surface area contributed by atoms with Crippen LogP contribution in [0.5, 0.6) is 0 Å². The van der Waals surface area contributed by atoms with Crippen LogP contribution in [0.25, 0.3) is 262 Å². The third kappa shape index (κ3) is 12.5. The first-order chi connectivity index (χ1) is 66.8. The smallest absolute Gasteiger partial charge is 0.399 e. The minimum atomic E-state index is -0.411. The molecule has 0 atom stereocenters. The van der Waals surface area contributed by atoms with Crippen LogP contribution >= 0.6 is 15.9 Å². The van der Waals surface area contributed by atoms with Crippen molar-refractivity contribution in [3.8, 4) is 55.6 Å². The van der Waals surface area contributed by atoms with Crippen molar-refractivity contribution in [1.82, 2.24) is 18.8 Å². The zero-order chi connectivity index (χ0) is 90.3. The normalized spacial score (nSPS) is 13.4. The van der Waals surface area contributed by atoms with Gasteiger partial charge in [-0.1, -0.05) is 386 Å². The van der Waals surface area contributed by atoms with Gasteiger partial charge in [-0.3, -0.25) is 8.80 Å². The Bertz CT molecular complexity index is 10000. The molecule has 6 nitrogen and oxygen atoms in total. The van der Waals surface area contributed by atoms with E-state index in [4.69, 9.17) is 19.3 Å². The van der Waals surface area contributed by atoms with Crippen molar-refractivity contribution in [1.29, 1.82) is 0 Å². The van der Waals surface area contributed by atoms with Crippen molar-refractivity contribution < 1.29 is 9.31 Å². The Morgan fingerprint density at radius 1 is 0.213 bits per heavy atom. The van der Waals surface area contributed by atoms with Crippen LogP contribution in [0.4, 0.5) is 0 Å². The van der Waals surface area contributed by atoms with E-state index >= 15 is 0 Å². The highest BCUT2D eigenvalue weighted by molar-refractivity contribution is 9.10. The van der Waals surface area contributed by atoms with E-state index < -0.39 is 7.12 Å². The summed E-state index contributed by atoms with van der Waals surface area (Å²) in [5.74, 6) is 0. The SMILES string of the molecule is Brc1ccc2c(-c3ccc4ccccc4c3)c3ccccc3c(-c3ccc4ccccc4c3)c2c1.CC1(C)OB(c2ccc3c(c2)c2ccccc2n2c3nc3c4ccccc4c4ccccc4c32)OC1(C)C.c1ccc2cc(-c3c4ccccc4c(-c4ccc5ccccc5c4)c4cc(-c5ccc6c(c5)c5ccccc5n5c6nc6c7ccccc7c7ccccc7c65)ccc34)ccc2c1. The summed E-state index contributed by atoms with van der Waals surface area (Å²) in [5, 5.41) is 36.8. The van der Waals surface area contributed by atoms with Gasteiger partial charge in [0.1, 0.15) is 11.3 Å². The molecule has 0 amide bonds. The molecule has 136 heavy (non-hydrogen) atoms. The molecule has 8 heteroatoms. The van der Waals surface area contributed by atoms with Crippen molar-refractivity contribution in [2.24, 2.45) is 0 Å². The van der Waals surface area contributed by atoms with E-state index in [1.807, 2.05) is 0 Å². The van der Waals surface area contributed by atoms with Crippen LogP contribution in [0.3, 0.4) is 0 Å². The molecule has 24 aromatic carbocycles. The fourth-order valence-electron chi connectivity index (χ4n) is 22.4. The molecule has 0 unspecified atom stereocenters. The third-order valence-corrected chi connectivity index (χ3v) is 30.0. The largest absolute Gasteiger partial charge is 0.494 e. The van der Waals surface area contributed by atoms with Crippen LogP contribution in [-0.4, -0.2) is 37.1 Å². The van der Waals surface area contributed by atoms with Gasteiger partial charge in [-0.2, -0.15) is 0 Å². The van der Waals surface area contributed by atoms with Crippen molar-refractivity contribution in [3.63, 3.8) is 0 Å². The molecule has 28 aromatic rings. The average molecular weight is 1800 g/mol. The Labute approximate surface area is 792 Å². The quantitative estimate of drug-likeness (QED) is 0.0946. The Morgan fingerprint density at radius 2 is 0.485 bits per heavy atom. The van der Waals surface area contributed by atoms with Crippen LogP contribution in [0.1, 0.15) is 27.7 Å². The predicted octanol–water partition coefficient (Wildman–Crippen LogP) is 34.5. The Hall–Kier alpha value is -16.2. The number of nitrogens with zero attached hydrogens (tertiary/aromatic N) is 4. The van der Waals surface area contributed by atoms with E-state index in [9.17, 15) is 0 Å². The second kappa shape index (κ2) is 31.0. The lowest BCUT2D eigenvalue weighted by Crippen LogP contribution is -2.41. The summed E-state index contributed by atoms with van der Waals surface area (Å²) in [7, 11) is -0.411. The molecule has 5 heterocycles. The fourth-order valence-corrected chi connectivity index (χ4v) is 22.8. The first-order valence-electron chi connectivity index (χ1n) is 46.9. The lowest BCUT2D eigenvalue weighted by molar-refractivity contribution is 0.00578. The van der Waals surface area contributed by atoms with E-state index in [1.54, 1.807) is 0 Å². The van der Waals surface area contributed by atoms with Gasteiger partial charge in [0.05, 0.1) is 44.3 Å². The number of rotatable bonds is 6. The first kappa shape index (κ1) is 79.5. The topological polar surface area (TPSA) is 53.1 Å². The van der Waals surface area contributed by atoms with Crippen LogP contribution < -0.4 is 5.46 Å². The van der Waals surface area contributed by atoms with Crippen LogP contribution in [-0.2, 0) is 9.31 Å². The highest BCUT2D eigenvalue weighted by Gasteiger charge is 2.52. The highest BCUT2D eigenvalue weighted by atomic mass is 79.9. The molecule has 0 bridgehead atoms. The third-order valence-electron chi connectivity index (χ3n) is 29.5. The molecule has 1 aliphatic heterocycles. The summed E-state index contributed by atoms with van der Waals surface area (Å²) in [4.78, 5) is 10.9. The standard InChI is InChI=1S/C61H36N2.C34H21Br.C33H27BN2O2/c1-3-15-39-33-43(27-25-37(39)13-1)57-48-20-7-8-21-49(48)58(44-28-26-38-14-2-4-16-40(38)34-44)55-36-42(29-31-50(55)57)41-30-32-53-54(35-41)47-19-11-12-24-56(47)63-60-52-23-10-6-18-46(52)45-17-5-9-22-51(45)59(60)62-61(53)63;35-28-17-18-31-32(21-28)34(27-16-14-23-8-2-4-10-25(23)20-27)30-12-6-5-11-29(30)33(31)26-15-13-22-7-1-3-9-24(22)19-26;1-32(2)33(3,4)38-34(37-32)20-17-18-26-27(19-20)23-13-9-10-16-28(23)36-30-25-15-8-6-12-22(25)21-11-5-7-14-24(21)29(30)35-31(26)36/h1-36H;1-21H;5-19H,1-4H3. The second-order valence-electron chi connectivity index (χ2n) is 37.6. The zero-order valence-electron chi connectivity index (χ0n) is 75.1. The van der Waals surface area contributed by atoms with Gasteiger partial charge < -0.3 is 9.31 Å². The number of para-hydroxylation sites is 2. The summed E-state index contributed by atoms with van der Waals surface area (Å²) in [5.41, 5.74) is 21.3. The zero-order valence-corrected chi connectivity index (χ0v) is 76.7. The maximum Gasteiger partial charge on any atom is 0.494 e. The number of benzene rings is 24. The summed E-state index contributed by atoms with van der Waals surface area (Å²) in [6, 6.07) is 160. The van der Waals surface area contributed by atoms with Crippen molar-refractivity contribution in [2.45, 2.75) is 38.9 Å². The monoisotopic (exact) mass is 1800 g/mol. The number of fused-ring (bicyclic) bond motifs is 34. The van der Waals surface area contributed by atoms with E-state index in [2.05, 4.69) is 489 Å². The Kier molecular flexibility index (Phi) is 18.1. The van der Waals surface area contributed by atoms with Gasteiger partial charge in [-0.15, -0.1) is 0 Å². The molecule has 0 radical (unpaired) electrons. The van der Waals surface area contributed by atoms with Gasteiger partial charge in [-0.25, -0.2) is 9.97 Å². The summed E-state index contributed by atoms with van der Waals surface area (Å²) in [6.07, 6.45) is 0. The Balaban J connectivity index is 0.000000110. The molecule has 0 saturated carbocycles. The van der Waals surface area contributed by atoms with E-state index in [1.165, 1.54) is 201 Å². The summed E-state index contributed by atoms with van der Waals surface area (Å²) >= 11 is 3.76. The van der Waals surface area contributed by atoms with Gasteiger partial charge in [0.2, 0.25) is 0 Å². The number of hydrogen-bond acceptors (Lipinski definition) is 4.